The molecule has 0 saturated heterocycles. The number of rotatable bonds is 6. The summed E-state index contributed by atoms with van der Waals surface area (Å²) in [6.45, 7) is 4.35. The fourth-order valence-electron chi connectivity index (χ4n) is 4.71. The Balaban J connectivity index is 1.57. The second-order valence-corrected chi connectivity index (χ2v) is 9.01. The molecule has 3 N–H and O–H groups in total. The molecule has 0 fully saturated rings. The smallest absolute Gasteiger partial charge is 0.291 e. The van der Waals surface area contributed by atoms with Crippen LogP contribution in [-0.2, 0) is 13.6 Å². The summed E-state index contributed by atoms with van der Waals surface area (Å²) in [6.07, 6.45) is 0. The maximum Gasteiger partial charge on any atom is 0.291 e. The summed E-state index contributed by atoms with van der Waals surface area (Å²) >= 11 is 0. The fraction of sp³-hybridized carbons (Fsp3) is 0.138. The highest BCUT2D eigenvalue weighted by molar-refractivity contribution is 6.12. The Bertz CT molecular complexity index is 1870. The van der Waals surface area contributed by atoms with E-state index in [-0.39, 0.29) is 28.1 Å². The van der Waals surface area contributed by atoms with Crippen molar-refractivity contribution in [1.82, 2.24) is 14.3 Å². The Labute approximate surface area is 222 Å². The number of fused-ring (bicyclic) bond motifs is 1. The summed E-state index contributed by atoms with van der Waals surface area (Å²) in [7, 11) is 1.46. The van der Waals surface area contributed by atoms with E-state index in [0.717, 1.165) is 21.4 Å². The molecule has 0 aliphatic rings. The van der Waals surface area contributed by atoms with Gasteiger partial charge in [0.15, 0.2) is 5.69 Å². The number of carbonyl (C=O) groups is 2. The first-order chi connectivity index (χ1) is 18.7. The zero-order valence-corrected chi connectivity index (χ0v) is 21.5. The molecule has 3 aromatic heterocycles. The number of aromatic nitrogens is 3. The number of amides is 2. The average Bonchev–Trinajstić information content (AvgIpc) is 3.44. The van der Waals surface area contributed by atoms with Gasteiger partial charge >= 0.3 is 0 Å². The van der Waals surface area contributed by atoms with Gasteiger partial charge in [0, 0.05) is 41.6 Å². The van der Waals surface area contributed by atoms with Gasteiger partial charge in [-0.1, -0.05) is 30.3 Å². The molecule has 0 saturated carbocycles. The van der Waals surface area contributed by atoms with E-state index in [1.807, 2.05) is 48.7 Å². The van der Waals surface area contributed by atoms with Crippen LogP contribution in [0.2, 0.25) is 0 Å². The molecular formula is C29H24N6O4. The number of pyridine rings is 1. The van der Waals surface area contributed by atoms with Crippen molar-refractivity contribution in [3.05, 3.63) is 93.7 Å². The summed E-state index contributed by atoms with van der Waals surface area (Å²) < 4.78 is 8.25. The molecule has 0 atom stereocenters. The zero-order valence-electron chi connectivity index (χ0n) is 21.5. The Morgan fingerprint density at radius 2 is 1.82 bits per heavy atom. The van der Waals surface area contributed by atoms with E-state index in [1.165, 1.54) is 13.1 Å². The van der Waals surface area contributed by atoms with Crippen LogP contribution in [0.5, 0.6) is 0 Å². The van der Waals surface area contributed by atoms with E-state index >= 15 is 0 Å². The predicted octanol–water partition coefficient (Wildman–Crippen LogP) is 4.21. The van der Waals surface area contributed by atoms with Crippen LogP contribution >= 0.6 is 0 Å². The highest BCUT2D eigenvalue weighted by Crippen LogP contribution is 2.32. The minimum atomic E-state index is -0.588. The first kappa shape index (κ1) is 25.2. The largest absolute Gasteiger partial charge is 0.366 e. The highest BCUT2D eigenvalue weighted by atomic mass is 16.5. The number of benzene rings is 2. The maximum absolute atomic E-state index is 13.4. The molecule has 2 amide bonds. The van der Waals surface area contributed by atoms with Gasteiger partial charge in [-0.25, -0.2) is 4.98 Å². The SMILES string of the molecule is CCn1c(-c2ccc(-c3c(C#N)on(C)c3=O)cc2)cc2cc(C)nc(C(=O)Nc3cccc(C(N)=O)c3)c21. The van der Waals surface area contributed by atoms with E-state index in [9.17, 15) is 19.6 Å². The molecular weight excluding hydrogens is 496 g/mol. The summed E-state index contributed by atoms with van der Waals surface area (Å²) in [4.78, 5) is 42.0. The van der Waals surface area contributed by atoms with Gasteiger partial charge < -0.3 is 20.1 Å². The Morgan fingerprint density at radius 3 is 2.49 bits per heavy atom. The second kappa shape index (κ2) is 9.79. The Hall–Kier alpha value is -5.43. The number of nitrogens with one attached hydrogen (secondary N) is 1. The molecule has 2 aromatic carbocycles. The van der Waals surface area contributed by atoms with Gasteiger partial charge in [-0.05, 0) is 55.3 Å². The van der Waals surface area contributed by atoms with Gasteiger partial charge in [0.1, 0.15) is 11.6 Å². The standard InChI is InChI=1S/C29H24N6O4/c1-4-35-22(17-8-10-18(11-9-17)24-23(15-30)39-34(3)29(24)38)14-20-12-16(2)32-25(26(20)35)28(37)33-21-7-5-6-19(13-21)27(31)36/h5-14H,4H2,1-3H3,(H2,31,36)(H,33,37). The van der Waals surface area contributed by atoms with Crippen molar-refractivity contribution in [2.24, 2.45) is 12.8 Å². The van der Waals surface area contributed by atoms with Crippen molar-refractivity contribution < 1.29 is 14.1 Å². The Morgan fingerprint density at radius 1 is 1.10 bits per heavy atom. The van der Waals surface area contributed by atoms with E-state index in [1.54, 1.807) is 30.3 Å². The van der Waals surface area contributed by atoms with E-state index in [4.69, 9.17) is 10.3 Å². The third kappa shape index (κ3) is 4.46. The molecule has 10 heteroatoms. The van der Waals surface area contributed by atoms with Crippen LogP contribution in [0, 0.1) is 18.3 Å². The lowest BCUT2D eigenvalue weighted by Crippen LogP contribution is -2.17. The molecule has 0 aliphatic carbocycles. The van der Waals surface area contributed by atoms with E-state index in [0.29, 0.717) is 29.0 Å². The number of nitrogens with zero attached hydrogens (tertiary/aromatic N) is 4. The minimum absolute atomic E-state index is 0.0449. The number of nitrogens with two attached hydrogens (primary N) is 1. The molecule has 39 heavy (non-hydrogen) atoms. The fourth-order valence-corrected chi connectivity index (χ4v) is 4.71. The van der Waals surface area contributed by atoms with Crippen molar-refractivity contribution in [2.45, 2.75) is 20.4 Å². The number of anilines is 1. The molecule has 5 aromatic rings. The van der Waals surface area contributed by atoms with Crippen molar-refractivity contribution in [1.29, 1.82) is 5.26 Å². The molecule has 0 spiro atoms. The van der Waals surface area contributed by atoms with Gasteiger partial charge in [-0.15, -0.1) is 0 Å². The lowest BCUT2D eigenvalue weighted by atomic mass is 10.0. The molecule has 5 rings (SSSR count). The molecule has 0 aliphatic heterocycles. The zero-order chi connectivity index (χ0) is 27.8. The maximum atomic E-state index is 13.4. The normalized spacial score (nSPS) is 10.9. The minimum Gasteiger partial charge on any atom is -0.366 e. The van der Waals surface area contributed by atoms with Crippen molar-refractivity contribution >= 4 is 28.4 Å². The third-order valence-corrected chi connectivity index (χ3v) is 6.47. The van der Waals surface area contributed by atoms with Gasteiger partial charge in [-0.3, -0.25) is 14.4 Å². The van der Waals surface area contributed by atoms with Crippen LogP contribution in [-0.4, -0.2) is 26.1 Å². The van der Waals surface area contributed by atoms with Crippen molar-refractivity contribution in [2.75, 3.05) is 5.32 Å². The van der Waals surface area contributed by atoms with E-state index in [2.05, 4.69) is 10.3 Å². The van der Waals surface area contributed by atoms with Crippen LogP contribution in [0.1, 0.15) is 39.2 Å². The van der Waals surface area contributed by atoms with Gasteiger partial charge in [0.05, 0.1) is 5.52 Å². The molecule has 0 radical (unpaired) electrons. The number of hydrogen-bond donors (Lipinski definition) is 2. The number of nitriles is 1. The van der Waals surface area contributed by atoms with Gasteiger partial charge in [0.2, 0.25) is 11.7 Å². The predicted molar refractivity (Wildman–Crippen MR) is 146 cm³/mol. The molecule has 0 bridgehead atoms. The highest BCUT2D eigenvalue weighted by Gasteiger charge is 2.21. The van der Waals surface area contributed by atoms with Crippen molar-refractivity contribution in [3.8, 4) is 28.5 Å². The number of primary amides is 1. The molecule has 0 unspecified atom stereocenters. The summed E-state index contributed by atoms with van der Waals surface area (Å²) in [6, 6.07) is 19.5. The Kier molecular flexibility index (Phi) is 6.34. The lowest BCUT2D eigenvalue weighted by molar-refractivity contribution is 0.0995. The van der Waals surface area contributed by atoms with Crippen molar-refractivity contribution in [3.63, 3.8) is 0 Å². The molecule has 10 nitrogen and oxygen atoms in total. The number of hydrogen-bond acceptors (Lipinski definition) is 6. The van der Waals surface area contributed by atoms with Crippen LogP contribution in [0.4, 0.5) is 5.69 Å². The number of aryl methyl sites for hydroxylation is 3. The monoisotopic (exact) mass is 520 g/mol. The van der Waals surface area contributed by atoms with Crippen LogP contribution in [0.25, 0.3) is 33.3 Å². The van der Waals surface area contributed by atoms with Crippen LogP contribution < -0.4 is 16.6 Å². The van der Waals surface area contributed by atoms with Crippen LogP contribution in [0.3, 0.4) is 0 Å². The summed E-state index contributed by atoms with van der Waals surface area (Å²) in [5.41, 5.74) is 9.79. The first-order valence-electron chi connectivity index (χ1n) is 12.1. The van der Waals surface area contributed by atoms with Crippen LogP contribution in [0.15, 0.2) is 70.0 Å². The number of carbonyl (C=O) groups excluding carboxylic acids is 2. The average molecular weight is 521 g/mol. The topological polar surface area (TPSA) is 149 Å². The first-order valence-corrected chi connectivity index (χ1v) is 12.1. The quantitative estimate of drug-likeness (QED) is 0.342. The third-order valence-electron chi connectivity index (χ3n) is 6.47. The summed E-state index contributed by atoms with van der Waals surface area (Å²) in [5.74, 6) is -1.05. The van der Waals surface area contributed by atoms with E-state index < -0.39 is 11.8 Å². The lowest BCUT2D eigenvalue weighted by Gasteiger charge is -2.12. The van der Waals surface area contributed by atoms with Gasteiger partial charge in [-0.2, -0.15) is 10.0 Å². The molecule has 194 valence electrons. The second-order valence-electron chi connectivity index (χ2n) is 9.01. The summed E-state index contributed by atoms with van der Waals surface area (Å²) in [5, 5.41) is 13.0. The molecule has 3 heterocycles. The van der Waals surface area contributed by atoms with Gasteiger partial charge in [0.25, 0.3) is 11.5 Å².